The zero-order chi connectivity index (χ0) is 23.6. The third-order valence-corrected chi connectivity index (χ3v) is 7.42. The van der Waals surface area contributed by atoms with E-state index in [4.69, 9.17) is 16.3 Å². The monoisotopic (exact) mass is 472 g/mol. The first-order valence-electron chi connectivity index (χ1n) is 11.2. The molecule has 1 heterocycles. The van der Waals surface area contributed by atoms with Crippen molar-refractivity contribution in [3.8, 4) is 5.75 Å². The van der Waals surface area contributed by atoms with Gasteiger partial charge >= 0.3 is 0 Å². The number of aryl methyl sites for hydroxylation is 1. The van der Waals surface area contributed by atoms with Crippen molar-refractivity contribution >= 4 is 29.3 Å². The number of imide groups is 1. The topological polar surface area (TPSA) is 75.7 Å². The fraction of sp³-hybridized carbons (Fsp3) is 0.222. The summed E-state index contributed by atoms with van der Waals surface area (Å²) in [7, 11) is 0. The summed E-state index contributed by atoms with van der Waals surface area (Å²) < 4.78 is 5.59. The van der Waals surface area contributed by atoms with Crippen LogP contribution in [0, 0.1) is 18.8 Å². The smallest absolute Gasteiger partial charge is 0.276 e. The van der Waals surface area contributed by atoms with E-state index >= 15 is 0 Å². The van der Waals surface area contributed by atoms with Crippen molar-refractivity contribution in [2.75, 3.05) is 6.61 Å². The number of ether oxygens (including phenoxy) is 1. The third-order valence-electron chi connectivity index (χ3n) is 7.18. The molecule has 34 heavy (non-hydrogen) atoms. The van der Waals surface area contributed by atoms with Crippen LogP contribution in [-0.4, -0.2) is 29.3 Å². The molecule has 0 saturated carbocycles. The minimum absolute atomic E-state index is 0.214. The number of hydrogen-bond acceptors (Lipinski definition) is 4. The van der Waals surface area contributed by atoms with Crippen LogP contribution in [0.5, 0.6) is 5.75 Å². The Balaban J connectivity index is 1.27. The van der Waals surface area contributed by atoms with Gasteiger partial charge in [-0.15, -0.1) is 0 Å². The predicted octanol–water partition coefficient (Wildman–Crippen LogP) is 3.95. The highest BCUT2D eigenvalue weighted by Gasteiger charge is 2.62. The number of benzene rings is 3. The lowest BCUT2D eigenvalue weighted by atomic mass is 9.55. The van der Waals surface area contributed by atoms with E-state index in [1.807, 2.05) is 55.5 Å². The molecule has 2 atom stereocenters. The number of rotatable bonds is 4. The van der Waals surface area contributed by atoms with Crippen LogP contribution >= 0.6 is 11.6 Å². The van der Waals surface area contributed by atoms with Gasteiger partial charge in [0.2, 0.25) is 0 Å². The molecule has 1 N–H and O–H groups in total. The van der Waals surface area contributed by atoms with Crippen molar-refractivity contribution in [2.45, 2.75) is 18.8 Å². The van der Waals surface area contributed by atoms with Crippen molar-refractivity contribution < 1.29 is 19.1 Å². The Morgan fingerprint density at radius 2 is 1.38 bits per heavy atom. The second-order valence-corrected chi connectivity index (χ2v) is 9.45. The number of hydrogen-bond donors (Lipinski definition) is 1. The molecule has 1 saturated heterocycles. The Morgan fingerprint density at radius 3 is 1.85 bits per heavy atom. The summed E-state index contributed by atoms with van der Waals surface area (Å²) in [6.07, 6.45) is 0. The largest absolute Gasteiger partial charge is 0.483 e. The average Bonchev–Trinajstić information content (AvgIpc) is 3.09. The highest BCUT2D eigenvalue weighted by atomic mass is 35.5. The number of nitrogens with zero attached hydrogens (tertiary/aromatic N) is 1. The first kappa shape index (κ1) is 20.9. The SMILES string of the molecule is Cc1cc(Cl)ccc1OCC(=O)NN1C(=O)[C@@H]2C3c4ccccc4C(c4ccccc43)[C@H]2C1=O. The molecule has 3 amide bonds. The maximum Gasteiger partial charge on any atom is 0.276 e. The fourth-order valence-corrected chi connectivity index (χ4v) is 6.09. The van der Waals surface area contributed by atoms with Gasteiger partial charge in [0.15, 0.2) is 6.61 Å². The second kappa shape index (κ2) is 7.71. The van der Waals surface area contributed by atoms with Gasteiger partial charge in [0.25, 0.3) is 17.7 Å². The summed E-state index contributed by atoms with van der Waals surface area (Å²) in [5.74, 6) is -2.31. The lowest BCUT2D eigenvalue weighted by Crippen LogP contribution is -2.48. The van der Waals surface area contributed by atoms with Gasteiger partial charge in [0.05, 0.1) is 11.8 Å². The van der Waals surface area contributed by atoms with Gasteiger partial charge in [-0.1, -0.05) is 60.1 Å². The number of carbonyl (C=O) groups excluding carboxylic acids is 3. The molecule has 6 nitrogen and oxygen atoms in total. The van der Waals surface area contributed by atoms with Crippen LogP contribution in [0.2, 0.25) is 5.02 Å². The standard InChI is InChI=1S/C27H21ClN2O4/c1-14-12-15(28)10-11-20(14)34-13-21(31)29-30-26(32)24-22-16-6-2-3-7-17(16)23(25(24)27(30)33)19-9-5-4-8-18(19)22/h2-12,22-25H,13H2,1H3,(H,29,31)/t22?,23?,24-,25-/m1/s1. The van der Waals surface area contributed by atoms with Crippen molar-refractivity contribution in [2.24, 2.45) is 11.8 Å². The molecule has 3 aromatic carbocycles. The van der Waals surface area contributed by atoms with Crippen molar-refractivity contribution in [1.29, 1.82) is 0 Å². The number of carbonyl (C=O) groups is 3. The van der Waals surface area contributed by atoms with E-state index in [0.717, 1.165) is 32.8 Å². The van der Waals surface area contributed by atoms with Crippen molar-refractivity contribution in [3.63, 3.8) is 0 Å². The van der Waals surface area contributed by atoms with Gasteiger partial charge in [-0.3, -0.25) is 19.8 Å². The molecule has 3 aliphatic carbocycles. The van der Waals surface area contributed by atoms with E-state index in [1.165, 1.54) is 0 Å². The van der Waals surface area contributed by atoms with Crippen molar-refractivity contribution in [1.82, 2.24) is 10.4 Å². The normalized spacial score (nSPS) is 23.9. The van der Waals surface area contributed by atoms with Gasteiger partial charge in [0, 0.05) is 16.9 Å². The van der Waals surface area contributed by atoms with Gasteiger partial charge in [0.1, 0.15) is 5.75 Å². The van der Waals surface area contributed by atoms with Crippen LogP contribution in [0.3, 0.4) is 0 Å². The first-order valence-corrected chi connectivity index (χ1v) is 11.6. The van der Waals surface area contributed by atoms with E-state index in [1.54, 1.807) is 18.2 Å². The fourth-order valence-electron chi connectivity index (χ4n) is 5.86. The molecule has 0 spiro atoms. The Kier molecular flexibility index (Phi) is 4.74. The highest BCUT2D eigenvalue weighted by Crippen LogP contribution is 2.60. The molecular weight excluding hydrogens is 452 g/mol. The molecule has 7 heteroatoms. The molecular formula is C27H21ClN2O4. The number of halogens is 1. The van der Waals surface area contributed by atoms with Crippen LogP contribution in [0.25, 0.3) is 0 Å². The first-order chi connectivity index (χ1) is 16.5. The summed E-state index contributed by atoms with van der Waals surface area (Å²) in [6, 6.07) is 21.1. The van der Waals surface area contributed by atoms with Crippen LogP contribution in [0.15, 0.2) is 66.7 Å². The molecule has 3 aromatic rings. The van der Waals surface area contributed by atoms with Crippen LogP contribution in [-0.2, 0) is 14.4 Å². The van der Waals surface area contributed by atoms with Crippen LogP contribution < -0.4 is 10.2 Å². The van der Waals surface area contributed by atoms with Crippen molar-refractivity contribution in [3.05, 3.63) is 99.6 Å². The van der Waals surface area contributed by atoms with Gasteiger partial charge in [-0.25, -0.2) is 0 Å². The molecule has 170 valence electrons. The Hall–Kier alpha value is -3.64. The van der Waals surface area contributed by atoms with Gasteiger partial charge in [-0.05, 0) is 52.9 Å². The quantitative estimate of drug-likeness (QED) is 0.583. The summed E-state index contributed by atoms with van der Waals surface area (Å²) in [6.45, 7) is 1.49. The summed E-state index contributed by atoms with van der Waals surface area (Å²) >= 11 is 5.96. The zero-order valence-corrected chi connectivity index (χ0v) is 19.1. The molecule has 0 radical (unpaired) electrons. The van der Waals surface area contributed by atoms with Crippen LogP contribution in [0.4, 0.5) is 0 Å². The zero-order valence-electron chi connectivity index (χ0n) is 18.3. The lowest BCUT2D eigenvalue weighted by molar-refractivity contribution is -0.149. The molecule has 0 aromatic heterocycles. The minimum atomic E-state index is -0.572. The average molecular weight is 473 g/mol. The third kappa shape index (κ3) is 2.98. The predicted molar refractivity (Wildman–Crippen MR) is 125 cm³/mol. The van der Waals surface area contributed by atoms with E-state index in [2.05, 4.69) is 5.43 Å². The van der Waals surface area contributed by atoms with Crippen LogP contribution in [0.1, 0.15) is 39.7 Å². The van der Waals surface area contributed by atoms with E-state index in [-0.39, 0.29) is 30.3 Å². The summed E-state index contributed by atoms with van der Waals surface area (Å²) in [5, 5.41) is 1.48. The molecule has 2 bridgehead atoms. The van der Waals surface area contributed by atoms with E-state index in [9.17, 15) is 14.4 Å². The summed E-state index contributed by atoms with van der Waals surface area (Å²) in [4.78, 5) is 39.6. The number of nitrogens with one attached hydrogen (secondary N) is 1. The molecule has 1 fully saturated rings. The maximum atomic E-state index is 13.5. The number of hydrazine groups is 1. The van der Waals surface area contributed by atoms with E-state index in [0.29, 0.717) is 10.8 Å². The minimum Gasteiger partial charge on any atom is -0.483 e. The molecule has 1 aliphatic heterocycles. The van der Waals surface area contributed by atoms with Gasteiger partial charge in [-0.2, -0.15) is 5.01 Å². The Bertz CT molecular complexity index is 1250. The maximum absolute atomic E-state index is 13.5. The molecule has 0 unspecified atom stereocenters. The highest BCUT2D eigenvalue weighted by molar-refractivity contribution is 6.30. The Morgan fingerprint density at radius 1 is 0.882 bits per heavy atom. The summed E-state index contributed by atoms with van der Waals surface area (Å²) in [5.41, 5.74) is 7.63. The lowest BCUT2D eigenvalue weighted by Gasteiger charge is -2.45. The molecule has 4 aliphatic rings. The second-order valence-electron chi connectivity index (χ2n) is 9.01. The van der Waals surface area contributed by atoms with E-state index < -0.39 is 17.7 Å². The van der Waals surface area contributed by atoms with Gasteiger partial charge < -0.3 is 4.74 Å². The molecule has 7 rings (SSSR count). The number of amides is 3. The Labute approximate surface area is 201 Å².